The highest BCUT2D eigenvalue weighted by Crippen LogP contribution is 2.21. The Morgan fingerprint density at radius 3 is 2.05 bits per heavy atom. The van der Waals surface area contributed by atoms with Crippen LogP contribution in [0.3, 0.4) is 0 Å². The van der Waals surface area contributed by atoms with Crippen LogP contribution in [0.4, 0.5) is 5.69 Å². The standard InChI is InChI=1S/C15H13N4/c1-3-19(4-2)14-7-5-12(6-8-14)15(11-18)13(9-16)10-17/h5-8H,1,3-4H2,2H3. The van der Waals surface area contributed by atoms with Crippen LogP contribution in [0.5, 0.6) is 0 Å². The van der Waals surface area contributed by atoms with Crippen molar-refractivity contribution in [3.05, 3.63) is 42.3 Å². The molecule has 0 amide bonds. The van der Waals surface area contributed by atoms with E-state index in [4.69, 9.17) is 15.8 Å². The van der Waals surface area contributed by atoms with Crippen LogP contribution in [0.25, 0.3) is 5.57 Å². The monoisotopic (exact) mass is 249 g/mol. The highest BCUT2D eigenvalue weighted by Gasteiger charge is 2.09. The van der Waals surface area contributed by atoms with Crippen molar-refractivity contribution in [1.82, 2.24) is 0 Å². The lowest BCUT2D eigenvalue weighted by Crippen LogP contribution is -2.21. The third-order valence-electron chi connectivity index (χ3n) is 2.76. The largest absolute Gasteiger partial charge is 0.372 e. The summed E-state index contributed by atoms with van der Waals surface area (Å²) in [6.07, 6.45) is 0. The summed E-state index contributed by atoms with van der Waals surface area (Å²) in [6.45, 7) is 7.36. The van der Waals surface area contributed by atoms with E-state index in [1.165, 1.54) is 0 Å². The molecule has 0 aromatic heterocycles. The van der Waals surface area contributed by atoms with Crippen molar-refractivity contribution >= 4 is 11.3 Å². The van der Waals surface area contributed by atoms with E-state index in [0.717, 1.165) is 12.2 Å². The lowest BCUT2D eigenvalue weighted by Gasteiger charge is -2.20. The number of rotatable bonds is 4. The Morgan fingerprint density at radius 1 is 1.11 bits per heavy atom. The second-order valence-electron chi connectivity index (χ2n) is 3.71. The van der Waals surface area contributed by atoms with Gasteiger partial charge in [-0.15, -0.1) is 0 Å². The maximum Gasteiger partial charge on any atom is 0.148 e. The zero-order valence-electron chi connectivity index (χ0n) is 10.7. The Bertz CT molecular complexity index is 571. The molecule has 0 fully saturated rings. The minimum atomic E-state index is -0.167. The molecule has 0 unspecified atom stereocenters. The van der Waals surface area contributed by atoms with Gasteiger partial charge in [0.15, 0.2) is 0 Å². The van der Waals surface area contributed by atoms with Gasteiger partial charge in [0.2, 0.25) is 0 Å². The summed E-state index contributed by atoms with van der Waals surface area (Å²) in [5.41, 5.74) is 1.51. The molecule has 0 heterocycles. The van der Waals surface area contributed by atoms with Crippen LogP contribution in [0.2, 0.25) is 0 Å². The first-order valence-corrected chi connectivity index (χ1v) is 5.81. The molecule has 0 atom stereocenters. The van der Waals surface area contributed by atoms with Crippen molar-refractivity contribution in [2.75, 3.05) is 18.0 Å². The predicted octanol–water partition coefficient (Wildman–Crippen LogP) is 2.67. The van der Waals surface area contributed by atoms with Crippen molar-refractivity contribution in [2.45, 2.75) is 6.92 Å². The predicted molar refractivity (Wildman–Crippen MR) is 73.4 cm³/mol. The molecule has 0 saturated carbocycles. The van der Waals surface area contributed by atoms with Crippen molar-refractivity contribution in [3.8, 4) is 18.2 Å². The zero-order chi connectivity index (χ0) is 14.3. The normalized spacial score (nSPS) is 8.79. The number of allylic oxidation sites excluding steroid dienone is 2. The molecule has 4 heteroatoms. The Morgan fingerprint density at radius 2 is 1.68 bits per heavy atom. The number of nitrogens with zero attached hydrogens (tertiary/aromatic N) is 4. The van der Waals surface area contributed by atoms with Gasteiger partial charge in [0.05, 0.1) is 5.57 Å². The average Bonchev–Trinajstić information content (AvgIpc) is 2.47. The smallest absolute Gasteiger partial charge is 0.148 e. The Balaban J connectivity index is 3.20. The molecule has 0 bridgehead atoms. The van der Waals surface area contributed by atoms with Gasteiger partial charge < -0.3 is 4.90 Å². The van der Waals surface area contributed by atoms with Crippen LogP contribution >= 0.6 is 0 Å². The molecule has 4 nitrogen and oxygen atoms in total. The molecule has 0 aliphatic heterocycles. The van der Waals surface area contributed by atoms with Gasteiger partial charge in [0.1, 0.15) is 23.8 Å². The number of anilines is 1. The molecular weight excluding hydrogens is 236 g/mol. The number of hydrogen-bond donors (Lipinski definition) is 0. The van der Waals surface area contributed by atoms with E-state index >= 15 is 0 Å². The zero-order valence-corrected chi connectivity index (χ0v) is 10.7. The molecule has 1 aromatic carbocycles. The third kappa shape index (κ3) is 3.12. The van der Waals surface area contributed by atoms with E-state index in [9.17, 15) is 0 Å². The molecule has 0 spiro atoms. The molecule has 93 valence electrons. The maximum atomic E-state index is 9.05. The fourth-order valence-electron chi connectivity index (χ4n) is 1.71. The van der Waals surface area contributed by atoms with Crippen molar-refractivity contribution < 1.29 is 0 Å². The maximum absolute atomic E-state index is 9.05. The van der Waals surface area contributed by atoms with Gasteiger partial charge in [-0.3, -0.25) is 0 Å². The first kappa shape index (κ1) is 14.3. The number of nitriles is 3. The van der Waals surface area contributed by atoms with E-state index in [1.807, 2.05) is 25.1 Å². The Labute approximate surface area is 113 Å². The lowest BCUT2D eigenvalue weighted by atomic mass is 10.0. The van der Waals surface area contributed by atoms with Crippen LogP contribution < -0.4 is 4.90 Å². The van der Waals surface area contributed by atoms with Crippen LogP contribution in [0.15, 0.2) is 29.8 Å². The summed E-state index contributed by atoms with van der Waals surface area (Å²) in [6, 6.07) is 12.6. The minimum absolute atomic E-state index is 0.106. The molecule has 1 rings (SSSR count). The van der Waals surface area contributed by atoms with Crippen LogP contribution in [0, 0.1) is 40.9 Å². The summed E-state index contributed by atoms with van der Waals surface area (Å²) in [5.74, 6) is 0. The average molecular weight is 249 g/mol. The van der Waals surface area contributed by atoms with E-state index in [2.05, 4.69) is 11.8 Å². The summed E-state index contributed by atoms with van der Waals surface area (Å²) in [5, 5.41) is 26.7. The summed E-state index contributed by atoms with van der Waals surface area (Å²) in [7, 11) is 0. The second kappa shape index (κ2) is 6.84. The molecule has 19 heavy (non-hydrogen) atoms. The molecular formula is C15H13N4. The van der Waals surface area contributed by atoms with Crippen LogP contribution in [-0.4, -0.2) is 13.1 Å². The summed E-state index contributed by atoms with van der Waals surface area (Å²) >= 11 is 0. The van der Waals surface area contributed by atoms with Gasteiger partial charge in [-0.25, -0.2) is 0 Å². The molecule has 0 aliphatic rings. The highest BCUT2D eigenvalue weighted by atomic mass is 15.1. The highest BCUT2D eigenvalue weighted by molar-refractivity contribution is 5.84. The third-order valence-corrected chi connectivity index (χ3v) is 2.76. The molecule has 0 saturated heterocycles. The van der Waals surface area contributed by atoms with Crippen molar-refractivity contribution in [2.24, 2.45) is 0 Å². The first-order valence-electron chi connectivity index (χ1n) is 5.81. The topological polar surface area (TPSA) is 74.6 Å². The van der Waals surface area contributed by atoms with Gasteiger partial charge in [0.25, 0.3) is 0 Å². The molecule has 1 radical (unpaired) electrons. The van der Waals surface area contributed by atoms with Crippen LogP contribution in [-0.2, 0) is 0 Å². The fourth-order valence-corrected chi connectivity index (χ4v) is 1.71. The van der Waals surface area contributed by atoms with Gasteiger partial charge in [-0.1, -0.05) is 12.1 Å². The number of benzene rings is 1. The SMILES string of the molecule is [CH2]CN(CC)c1ccc(C(C#N)=C(C#N)C#N)cc1. The van der Waals surface area contributed by atoms with Gasteiger partial charge >= 0.3 is 0 Å². The second-order valence-corrected chi connectivity index (χ2v) is 3.71. The van der Waals surface area contributed by atoms with E-state index in [-0.39, 0.29) is 11.1 Å². The molecule has 0 N–H and O–H groups in total. The summed E-state index contributed by atoms with van der Waals surface area (Å²) in [4.78, 5) is 2.06. The Hall–Kier alpha value is -2.77. The van der Waals surface area contributed by atoms with Crippen molar-refractivity contribution in [3.63, 3.8) is 0 Å². The van der Waals surface area contributed by atoms with Crippen LogP contribution in [0.1, 0.15) is 12.5 Å². The van der Waals surface area contributed by atoms with E-state index < -0.39 is 0 Å². The van der Waals surface area contributed by atoms with Gasteiger partial charge in [-0.05, 0) is 31.5 Å². The Kier molecular flexibility index (Phi) is 5.15. The first-order chi connectivity index (χ1) is 9.21. The van der Waals surface area contributed by atoms with E-state index in [1.54, 1.807) is 24.3 Å². The minimum Gasteiger partial charge on any atom is -0.372 e. The quantitative estimate of drug-likeness (QED) is 0.769. The lowest BCUT2D eigenvalue weighted by molar-refractivity contribution is 0.904. The summed E-state index contributed by atoms with van der Waals surface area (Å²) < 4.78 is 0. The van der Waals surface area contributed by atoms with E-state index in [0.29, 0.717) is 12.1 Å². The van der Waals surface area contributed by atoms with Gasteiger partial charge in [-0.2, -0.15) is 15.8 Å². The number of hydrogen-bond acceptors (Lipinski definition) is 4. The molecule has 0 aliphatic carbocycles. The fraction of sp³-hybridized carbons (Fsp3) is 0.200. The molecule has 1 aromatic rings. The van der Waals surface area contributed by atoms with Gasteiger partial charge in [0, 0.05) is 18.8 Å². The van der Waals surface area contributed by atoms with Crippen molar-refractivity contribution in [1.29, 1.82) is 15.8 Å².